The van der Waals surface area contributed by atoms with Crippen molar-refractivity contribution in [2.24, 2.45) is 5.92 Å². The standard InChI is InChI=1S/C21H33N3O2/c1-4-26-20-8-6-5-7-19(20)21(25)23-11-9-18(10-12-23)16-24-14-13-22(3)15-17(24)2/h5-8,17-18H,4,9-16H2,1-3H3/t17-/m1/s1. The highest BCUT2D eigenvalue weighted by Gasteiger charge is 2.29. The lowest BCUT2D eigenvalue weighted by molar-refractivity contribution is 0.0554. The number of likely N-dealkylation sites (tertiary alicyclic amines) is 1. The van der Waals surface area contributed by atoms with Gasteiger partial charge in [-0.05, 0) is 51.8 Å². The molecule has 5 heteroatoms. The van der Waals surface area contributed by atoms with Gasteiger partial charge in [-0.25, -0.2) is 0 Å². The SMILES string of the molecule is CCOc1ccccc1C(=O)N1CCC(CN2CCN(C)C[C@H]2C)CC1. The molecule has 1 aromatic carbocycles. The number of rotatable bonds is 5. The molecule has 2 aliphatic heterocycles. The van der Waals surface area contributed by atoms with Crippen molar-refractivity contribution in [3.8, 4) is 5.75 Å². The van der Waals surface area contributed by atoms with E-state index in [9.17, 15) is 4.79 Å². The van der Waals surface area contributed by atoms with Crippen molar-refractivity contribution < 1.29 is 9.53 Å². The number of benzene rings is 1. The van der Waals surface area contributed by atoms with Crippen molar-refractivity contribution in [2.75, 3.05) is 52.9 Å². The Bertz CT molecular complexity index is 599. The molecule has 0 unspecified atom stereocenters. The first-order valence-electron chi connectivity index (χ1n) is 10.0. The van der Waals surface area contributed by atoms with Crippen LogP contribution in [0.25, 0.3) is 0 Å². The number of carbonyl (C=O) groups excluding carboxylic acids is 1. The van der Waals surface area contributed by atoms with Crippen LogP contribution in [-0.2, 0) is 0 Å². The quantitative estimate of drug-likeness (QED) is 0.810. The molecule has 1 aromatic rings. The lowest BCUT2D eigenvalue weighted by atomic mass is 9.94. The number of ether oxygens (including phenoxy) is 1. The van der Waals surface area contributed by atoms with Gasteiger partial charge in [-0.2, -0.15) is 0 Å². The zero-order valence-corrected chi connectivity index (χ0v) is 16.5. The molecule has 2 heterocycles. The molecule has 0 aliphatic carbocycles. The van der Waals surface area contributed by atoms with E-state index >= 15 is 0 Å². The number of amides is 1. The van der Waals surface area contributed by atoms with E-state index in [1.807, 2.05) is 36.1 Å². The summed E-state index contributed by atoms with van der Waals surface area (Å²) >= 11 is 0. The molecule has 0 saturated carbocycles. The van der Waals surface area contributed by atoms with E-state index in [0.29, 0.717) is 29.9 Å². The largest absolute Gasteiger partial charge is 0.493 e. The normalized spacial score (nSPS) is 23.2. The lowest BCUT2D eigenvalue weighted by Crippen LogP contribution is -2.52. The van der Waals surface area contributed by atoms with Crippen molar-refractivity contribution in [3.63, 3.8) is 0 Å². The maximum absolute atomic E-state index is 12.9. The van der Waals surface area contributed by atoms with Crippen LogP contribution in [0.1, 0.15) is 37.0 Å². The smallest absolute Gasteiger partial charge is 0.257 e. The Kier molecular flexibility index (Phi) is 6.54. The Morgan fingerprint density at radius 2 is 1.88 bits per heavy atom. The number of carbonyl (C=O) groups is 1. The zero-order valence-electron chi connectivity index (χ0n) is 16.5. The Morgan fingerprint density at radius 1 is 1.15 bits per heavy atom. The highest BCUT2D eigenvalue weighted by atomic mass is 16.5. The molecule has 26 heavy (non-hydrogen) atoms. The highest BCUT2D eigenvalue weighted by Crippen LogP contribution is 2.25. The van der Waals surface area contributed by atoms with E-state index in [1.165, 1.54) is 13.1 Å². The molecule has 0 N–H and O–H groups in total. The van der Waals surface area contributed by atoms with E-state index in [0.717, 1.165) is 39.0 Å². The second kappa shape index (κ2) is 8.87. The van der Waals surface area contributed by atoms with Crippen molar-refractivity contribution in [1.82, 2.24) is 14.7 Å². The van der Waals surface area contributed by atoms with Gasteiger partial charge in [0.2, 0.25) is 0 Å². The van der Waals surface area contributed by atoms with Crippen molar-refractivity contribution in [3.05, 3.63) is 29.8 Å². The van der Waals surface area contributed by atoms with E-state index in [1.54, 1.807) is 0 Å². The van der Waals surface area contributed by atoms with Crippen LogP contribution in [0.2, 0.25) is 0 Å². The van der Waals surface area contributed by atoms with Crippen molar-refractivity contribution >= 4 is 5.91 Å². The van der Waals surface area contributed by atoms with E-state index in [-0.39, 0.29) is 5.91 Å². The van der Waals surface area contributed by atoms with Gasteiger partial charge in [-0.15, -0.1) is 0 Å². The van der Waals surface area contributed by atoms with Crippen LogP contribution < -0.4 is 4.74 Å². The van der Waals surface area contributed by atoms with E-state index in [2.05, 4.69) is 23.8 Å². The summed E-state index contributed by atoms with van der Waals surface area (Å²) in [5, 5.41) is 0. The minimum absolute atomic E-state index is 0.112. The Hall–Kier alpha value is -1.59. The van der Waals surface area contributed by atoms with Gasteiger partial charge in [0, 0.05) is 45.3 Å². The third-order valence-electron chi connectivity index (χ3n) is 5.78. The summed E-state index contributed by atoms with van der Waals surface area (Å²) in [6.45, 7) is 11.2. The summed E-state index contributed by atoms with van der Waals surface area (Å²) in [5.41, 5.74) is 0.695. The lowest BCUT2D eigenvalue weighted by Gasteiger charge is -2.41. The molecular weight excluding hydrogens is 326 g/mol. The van der Waals surface area contributed by atoms with Gasteiger partial charge in [-0.1, -0.05) is 12.1 Å². The third kappa shape index (κ3) is 4.57. The molecular formula is C21H33N3O2. The van der Waals surface area contributed by atoms with Gasteiger partial charge in [0.1, 0.15) is 5.75 Å². The molecule has 144 valence electrons. The van der Waals surface area contributed by atoms with Crippen LogP contribution in [0.3, 0.4) is 0 Å². The van der Waals surface area contributed by atoms with Crippen LogP contribution >= 0.6 is 0 Å². The summed E-state index contributed by atoms with van der Waals surface area (Å²) in [5.74, 6) is 1.51. The van der Waals surface area contributed by atoms with Gasteiger partial charge in [0.05, 0.1) is 12.2 Å². The predicted molar refractivity (Wildman–Crippen MR) is 105 cm³/mol. The number of nitrogens with zero attached hydrogens (tertiary/aromatic N) is 3. The highest BCUT2D eigenvalue weighted by molar-refractivity contribution is 5.97. The molecule has 0 bridgehead atoms. The molecule has 2 aliphatic rings. The number of hydrogen-bond donors (Lipinski definition) is 0. The maximum atomic E-state index is 12.9. The number of piperidine rings is 1. The number of hydrogen-bond acceptors (Lipinski definition) is 4. The summed E-state index contributed by atoms with van der Waals surface area (Å²) in [7, 11) is 2.21. The van der Waals surface area contributed by atoms with E-state index < -0.39 is 0 Å². The average molecular weight is 360 g/mol. The molecule has 1 atom stereocenters. The zero-order chi connectivity index (χ0) is 18.5. The molecule has 2 fully saturated rings. The number of para-hydroxylation sites is 1. The molecule has 0 aromatic heterocycles. The Morgan fingerprint density at radius 3 is 2.58 bits per heavy atom. The third-order valence-corrected chi connectivity index (χ3v) is 5.78. The predicted octanol–water partition coefficient (Wildman–Crippen LogP) is 2.57. The van der Waals surface area contributed by atoms with Crippen molar-refractivity contribution in [2.45, 2.75) is 32.7 Å². The topological polar surface area (TPSA) is 36.0 Å². The monoisotopic (exact) mass is 359 g/mol. The van der Waals surface area contributed by atoms with E-state index in [4.69, 9.17) is 4.74 Å². The fourth-order valence-corrected chi connectivity index (χ4v) is 4.19. The Labute approximate surface area is 157 Å². The molecule has 2 saturated heterocycles. The number of likely N-dealkylation sites (N-methyl/N-ethyl adjacent to an activating group) is 1. The first-order valence-corrected chi connectivity index (χ1v) is 10.0. The first kappa shape index (κ1) is 19.2. The van der Waals surface area contributed by atoms with Crippen LogP contribution in [0.4, 0.5) is 0 Å². The maximum Gasteiger partial charge on any atom is 0.257 e. The van der Waals surface area contributed by atoms with Gasteiger partial charge >= 0.3 is 0 Å². The minimum Gasteiger partial charge on any atom is -0.493 e. The molecule has 5 nitrogen and oxygen atoms in total. The van der Waals surface area contributed by atoms with Crippen LogP contribution in [0.5, 0.6) is 5.75 Å². The number of piperazine rings is 1. The summed E-state index contributed by atoms with van der Waals surface area (Å²) in [4.78, 5) is 20.0. The van der Waals surface area contributed by atoms with Gasteiger partial charge in [-0.3, -0.25) is 9.69 Å². The second-order valence-electron chi connectivity index (χ2n) is 7.77. The first-order chi connectivity index (χ1) is 12.6. The molecule has 1 amide bonds. The van der Waals surface area contributed by atoms with Gasteiger partial charge in [0.25, 0.3) is 5.91 Å². The molecule has 0 spiro atoms. The summed E-state index contributed by atoms with van der Waals surface area (Å²) in [6, 6.07) is 8.23. The molecule has 0 radical (unpaired) electrons. The van der Waals surface area contributed by atoms with Crippen molar-refractivity contribution in [1.29, 1.82) is 0 Å². The average Bonchev–Trinajstić information content (AvgIpc) is 2.65. The minimum atomic E-state index is 0.112. The van der Waals surface area contributed by atoms with Crippen LogP contribution in [-0.4, -0.2) is 79.6 Å². The Balaban J connectivity index is 1.53. The van der Waals surface area contributed by atoms with Gasteiger partial charge in [0.15, 0.2) is 0 Å². The van der Waals surface area contributed by atoms with Gasteiger partial charge < -0.3 is 14.5 Å². The fourth-order valence-electron chi connectivity index (χ4n) is 4.19. The fraction of sp³-hybridized carbons (Fsp3) is 0.667. The summed E-state index contributed by atoms with van der Waals surface area (Å²) < 4.78 is 5.63. The van der Waals surface area contributed by atoms with Crippen LogP contribution in [0, 0.1) is 5.92 Å². The van der Waals surface area contributed by atoms with Crippen LogP contribution in [0.15, 0.2) is 24.3 Å². The second-order valence-corrected chi connectivity index (χ2v) is 7.77. The summed E-state index contributed by atoms with van der Waals surface area (Å²) in [6.07, 6.45) is 2.20. The molecule has 3 rings (SSSR count).